The SMILES string of the molecule is CNc1ccccc1N1CCCN(C(NC(=O)/C=C/c2ccc(N)cc2)C(Cl)(Cl)Cl)C1=S. The van der Waals surface area contributed by atoms with Gasteiger partial charge in [-0.1, -0.05) is 59.1 Å². The fourth-order valence-corrected chi connectivity index (χ4v) is 4.33. The molecule has 1 aliphatic rings. The number of nitrogen functional groups attached to an aromatic ring is 1. The van der Waals surface area contributed by atoms with Gasteiger partial charge in [0.15, 0.2) is 11.3 Å². The summed E-state index contributed by atoms with van der Waals surface area (Å²) in [5.74, 6) is -0.409. The Balaban J connectivity index is 1.79. The number of para-hydroxylation sites is 2. The van der Waals surface area contributed by atoms with Crippen LogP contribution in [0.3, 0.4) is 0 Å². The summed E-state index contributed by atoms with van der Waals surface area (Å²) in [6.07, 6.45) is 2.87. The highest BCUT2D eigenvalue weighted by Crippen LogP contribution is 2.35. The zero-order valence-electron chi connectivity index (χ0n) is 17.4. The molecule has 3 rings (SSSR count). The Morgan fingerprint density at radius 2 is 1.84 bits per heavy atom. The number of nitrogens with one attached hydrogen (secondary N) is 2. The number of amides is 1. The molecule has 10 heteroatoms. The summed E-state index contributed by atoms with van der Waals surface area (Å²) in [7, 11) is 1.85. The molecule has 1 fully saturated rings. The molecule has 32 heavy (non-hydrogen) atoms. The van der Waals surface area contributed by atoms with E-state index in [-0.39, 0.29) is 0 Å². The zero-order valence-corrected chi connectivity index (χ0v) is 20.5. The first-order valence-electron chi connectivity index (χ1n) is 9.96. The second-order valence-corrected chi connectivity index (χ2v) is 9.94. The maximum absolute atomic E-state index is 12.6. The Labute approximate surface area is 208 Å². The Bertz CT molecular complexity index is 994. The number of benzene rings is 2. The zero-order chi connectivity index (χ0) is 23.3. The van der Waals surface area contributed by atoms with Crippen molar-refractivity contribution in [1.29, 1.82) is 0 Å². The lowest BCUT2D eigenvalue weighted by Gasteiger charge is -2.44. The molecule has 1 amide bonds. The quantitative estimate of drug-likeness (QED) is 0.227. The number of rotatable bonds is 6. The van der Waals surface area contributed by atoms with Crippen molar-refractivity contribution < 1.29 is 4.79 Å². The molecule has 4 N–H and O–H groups in total. The van der Waals surface area contributed by atoms with E-state index in [2.05, 4.69) is 10.6 Å². The molecule has 0 aromatic heterocycles. The number of anilines is 3. The first-order chi connectivity index (χ1) is 15.2. The van der Waals surface area contributed by atoms with E-state index in [0.717, 1.165) is 23.4 Å². The number of hydrogen-bond donors (Lipinski definition) is 3. The highest BCUT2D eigenvalue weighted by molar-refractivity contribution is 7.80. The van der Waals surface area contributed by atoms with Crippen molar-refractivity contribution in [1.82, 2.24) is 10.2 Å². The summed E-state index contributed by atoms with van der Waals surface area (Å²) in [6.45, 7) is 1.25. The summed E-state index contributed by atoms with van der Waals surface area (Å²) in [5.41, 5.74) is 9.00. The van der Waals surface area contributed by atoms with Gasteiger partial charge in [0, 0.05) is 31.9 Å². The minimum atomic E-state index is -1.81. The molecule has 0 saturated carbocycles. The monoisotopic (exact) mass is 511 g/mol. The lowest BCUT2D eigenvalue weighted by Crippen LogP contribution is -2.62. The first kappa shape index (κ1) is 24.5. The Morgan fingerprint density at radius 1 is 1.16 bits per heavy atom. The molecule has 0 radical (unpaired) electrons. The smallest absolute Gasteiger partial charge is 0.245 e. The average molecular weight is 513 g/mol. The minimum absolute atomic E-state index is 0.409. The molecular weight excluding hydrogens is 489 g/mol. The third-order valence-corrected chi connectivity index (χ3v) is 6.06. The second kappa shape index (κ2) is 10.6. The van der Waals surface area contributed by atoms with Crippen LogP contribution < -0.4 is 21.3 Å². The molecule has 170 valence electrons. The van der Waals surface area contributed by atoms with Gasteiger partial charge >= 0.3 is 0 Å². The number of nitrogens with zero attached hydrogens (tertiary/aromatic N) is 2. The van der Waals surface area contributed by atoms with Crippen molar-refractivity contribution >= 4 is 81.2 Å². The van der Waals surface area contributed by atoms with Gasteiger partial charge in [-0.15, -0.1) is 0 Å². The van der Waals surface area contributed by atoms with Gasteiger partial charge in [-0.2, -0.15) is 0 Å². The van der Waals surface area contributed by atoms with Crippen LogP contribution in [0, 0.1) is 0 Å². The van der Waals surface area contributed by atoms with Crippen LogP contribution in [0.15, 0.2) is 54.6 Å². The lowest BCUT2D eigenvalue weighted by molar-refractivity contribution is -0.117. The fraction of sp³-hybridized carbons (Fsp3) is 0.273. The molecule has 0 bridgehead atoms. The third kappa shape index (κ3) is 5.98. The van der Waals surface area contributed by atoms with Gasteiger partial charge in [0.2, 0.25) is 9.70 Å². The van der Waals surface area contributed by atoms with E-state index >= 15 is 0 Å². The molecule has 1 heterocycles. The molecule has 0 aliphatic carbocycles. The first-order valence-corrected chi connectivity index (χ1v) is 11.5. The number of nitrogens with two attached hydrogens (primary N) is 1. The van der Waals surface area contributed by atoms with Crippen LogP contribution in [-0.4, -0.2) is 46.0 Å². The van der Waals surface area contributed by atoms with Crippen LogP contribution in [-0.2, 0) is 4.79 Å². The van der Waals surface area contributed by atoms with Crippen molar-refractivity contribution in [2.24, 2.45) is 0 Å². The van der Waals surface area contributed by atoms with E-state index in [1.165, 1.54) is 6.08 Å². The van der Waals surface area contributed by atoms with Gasteiger partial charge < -0.3 is 26.2 Å². The number of hydrogen-bond acceptors (Lipinski definition) is 4. The maximum Gasteiger partial charge on any atom is 0.245 e. The Kier molecular flexibility index (Phi) is 8.11. The molecule has 1 unspecified atom stereocenters. The number of carbonyl (C=O) groups is 1. The van der Waals surface area contributed by atoms with Gasteiger partial charge in [-0.25, -0.2) is 0 Å². The Morgan fingerprint density at radius 3 is 2.50 bits per heavy atom. The van der Waals surface area contributed by atoms with Crippen molar-refractivity contribution in [3.8, 4) is 0 Å². The normalized spacial score (nSPS) is 15.7. The molecule has 1 saturated heterocycles. The van der Waals surface area contributed by atoms with Crippen LogP contribution in [0.4, 0.5) is 17.1 Å². The largest absolute Gasteiger partial charge is 0.399 e. The van der Waals surface area contributed by atoms with Crippen LogP contribution in [0.2, 0.25) is 0 Å². The number of thiocarbonyl (C=S) groups is 1. The number of carbonyl (C=O) groups excluding carboxylic acids is 1. The van der Waals surface area contributed by atoms with Crippen LogP contribution in [0.25, 0.3) is 6.08 Å². The molecule has 6 nitrogen and oxygen atoms in total. The van der Waals surface area contributed by atoms with Gasteiger partial charge in [0.25, 0.3) is 0 Å². The molecule has 1 aliphatic heterocycles. The number of alkyl halides is 3. The Hall–Kier alpha value is -2.19. The van der Waals surface area contributed by atoms with Crippen molar-refractivity contribution in [3.05, 3.63) is 60.2 Å². The summed E-state index contributed by atoms with van der Waals surface area (Å²) in [5, 5.41) is 6.43. The molecule has 2 aromatic rings. The molecule has 0 spiro atoms. The van der Waals surface area contributed by atoms with Gasteiger partial charge in [0.1, 0.15) is 0 Å². The maximum atomic E-state index is 12.6. The average Bonchev–Trinajstić information content (AvgIpc) is 2.77. The lowest BCUT2D eigenvalue weighted by atomic mass is 10.2. The van der Waals surface area contributed by atoms with Gasteiger partial charge in [-0.05, 0) is 54.5 Å². The summed E-state index contributed by atoms with van der Waals surface area (Å²) < 4.78 is -1.81. The third-order valence-electron chi connectivity index (χ3n) is 4.99. The minimum Gasteiger partial charge on any atom is -0.399 e. The van der Waals surface area contributed by atoms with E-state index in [4.69, 9.17) is 52.8 Å². The predicted octanol–water partition coefficient (Wildman–Crippen LogP) is 4.63. The van der Waals surface area contributed by atoms with E-state index in [0.29, 0.717) is 23.9 Å². The van der Waals surface area contributed by atoms with E-state index in [9.17, 15) is 4.79 Å². The van der Waals surface area contributed by atoms with Crippen LogP contribution in [0.1, 0.15) is 12.0 Å². The summed E-state index contributed by atoms with van der Waals surface area (Å²) >= 11 is 24.6. The number of halogens is 3. The highest BCUT2D eigenvalue weighted by Gasteiger charge is 2.42. The molecule has 2 aromatic carbocycles. The van der Waals surface area contributed by atoms with E-state index < -0.39 is 15.9 Å². The van der Waals surface area contributed by atoms with Crippen LogP contribution in [0.5, 0.6) is 0 Å². The molecular formula is C22H24Cl3N5OS. The van der Waals surface area contributed by atoms with Crippen molar-refractivity contribution in [3.63, 3.8) is 0 Å². The van der Waals surface area contributed by atoms with E-state index in [1.807, 2.05) is 48.3 Å². The predicted molar refractivity (Wildman–Crippen MR) is 139 cm³/mol. The van der Waals surface area contributed by atoms with Gasteiger partial charge in [-0.3, -0.25) is 4.79 Å². The second-order valence-electron chi connectivity index (χ2n) is 7.20. The van der Waals surface area contributed by atoms with Crippen molar-refractivity contribution in [2.75, 3.05) is 36.1 Å². The topological polar surface area (TPSA) is 73.6 Å². The highest BCUT2D eigenvalue weighted by atomic mass is 35.6. The van der Waals surface area contributed by atoms with Crippen LogP contribution >= 0.6 is 47.0 Å². The summed E-state index contributed by atoms with van der Waals surface area (Å²) in [6, 6.07) is 14.9. The standard InChI is InChI=1S/C22H24Cl3N5OS/c1-27-17-5-2-3-6-18(17)29-13-4-14-30(21(29)32)20(22(23,24)25)28-19(31)12-9-15-7-10-16(26)11-8-15/h2-3,5-12,20,27H,4,13-14,26H2,1H3,(H,28,31)/b12-9+. The van der Waals surface area contributed by atoms with Crippen molar-refractivity contribution in [2.45, 2.75) is 16.4 Å². The molecule has 1 atom stereocenters. The van der Waals surface area contributed by atoms with E-state index in [1.54, 1.807) is 23.1 Å². The van der Waals surface area contributed by atoms with Gasteiger partial charge in [0.05, 0.1) is 11.4 Å². The fourth-order valence-electron chi connectivity index (χ4n) is 3.43. The summed E-state index contributed by atoms with van der Waals surface area (Å²) in [4.78, 5) is 16.4.